The van der Waals surface area contributed by atoms with Crippen molar-refractivity contribution >= 4 is 22.1 Å². The molecule has 1 aromatic rings. The molecule has 1 fully saturated rings. The van der Waals surface area contributed by atoms with Crippen molar-refractivity contribution in [3.05, 3.63) is 21.9 Å². The van der Waals surface area contributed by atoms with E-state index in [1.165, 1.54) is 10.4 Å². The van der Waals surface area contributed by atoms with Gasteiger partial charge in [0.2, 0.25) is 0 Å². The van der Waals surface area contributed by atoms with E-state index in [0.29, 0.717) is 11.3 Å². The smallest absolute Gasteiger partial charge is 0.0534 e. The van der Waals surface area contributed by atoms with Gasteiger partial charge in [-0.1, -0.05) is 0 Å². The summed E-state index contributed by atoms with van der Waals surface area (Å²) >= 11 is 1.76. The summed E-state index contributed by atoms with van der Waals surface area (Å²) < 4.78 is 11.7. The highest BCUT2D eigenvalue weighted by Gasteiger charge is 2.26. The molecule has 1 saturated heterocycles. The van der Waals surface area contributed by atoms with Gasteiger partial charge in [-0.2, -0.15) is 0 Å². The Morgan fingerprint density at radius 3 is 3.00 bits per heavy atom. The van der Waals surface area contributed by atoms with Crippen LogP contribution < -0.4 is 5.32 Å². The zero-order valence-corrected chi connectivity index (χ0v) is 10.1. The third-order valence-corrected chi connectivity index (χ3v) is 5.51. The summed E-state index contributed by atoms with van der Waals surface area (Å²) in [5, 5.41) is 5.86. The van der Waals surface area contributed by atoms with Crippen LogP contribution in [0.25, 0.3) is 0 Å². The minimum Gasteiger partial charge on any atom is -0.307 e. The van der Waals surface area contributed by atoms with Gasteiger partial charge >= 0.3 is 0 Å². The Labute approximate surface area is 91.2 Å². The number of aryl methyl sites for hydroxylation is 1. The Kier molecular flexibility index (Phi) is 3.04. The van der Waals surface area contributed by atoms with E-state index in [2.05, 4.69) is 23.7 Å². The van der Waals surface area contributed by atoms with Gasteiger partial charge in [0, 0.05) is 33.2 Å². The maximum atomic E-state index is 11.7. The van der Waals surface area contributed by atoms with E-state index in [9.17, 15) is 4.21 Å². The van der Waals surface area contributed by atoms with Gasteiger partial charge < -0.3 is 5.32 Å². The number of nitrogens with one attached hydrogen (secondary N) is 1. The maximum absolute atomic E-state index is 11.7. The predicted molar refractivity (Wildman–Crippen MR) is 62.3 cm³/mol. The summed E-state index contributed by atoms with van der Waals surface area (Å²) in [6, 6.07) is 2.44. The molecule has 78 valence electrons. The normalized spacial score (nSPS) is 33.1. The van der Waals surface area contributed by atoms with E-state index in [1.807, 2.05) is 6.92 Å². The summed E-state index contributed by atoms with van der Waals surface area (Å²) in [4.78, 5) is 1.35. The molecule has 0 spiro atoms. The molecule has 14 heavy (non-hydrogen) atoms. The van der Waals surface area contributed by atoms with Gasteiger partial charge in [0.25, 0.3) is 0 Å². The number of thiophene rings is 1. The van der Waals surface area contributed by atoms with Gasteiger partial charge in [0.1, 0.15) is 0 Å². The fraction of sp³-hybridized carbons (Fsp3) is 0.600. The first-order valence-corrected chi connectivity index (χ1v) is 7.09. The van der Waals surface area contributed by atoms with Crippen LogP contribution in [0.5, 0.6) is 0 Å². The highest BCUT2D eigenvalue weighted by atomic mass is 32.2. The molecule has 0 bridgehead atoms. The van der Waals surface area contributed by atoms with Gasteiger partial charge in [-0.05, 0) is 30.9 Å². The monoisotopic (exact) mass is 229 g/mol. The highest BCUT2D eigenvalue weighted by Crippen LogP contribution is 2.27. The Morgan fingerprint density at radius 2 is 2.43 bits per heavy atom. The van der Waals surface area contributed by atoms with Gasteiger partial charge in [-0.3, -0.25) is 4.21 Å². The molecule has 3 atom stereocenters. The van der Waals surface area contributed by atoms with Gasteiger partial charge in [-0.15, -0.1) is 11.3 Å². The van der Waals surface area contributed by atoms with Crippen LogP contribution in [0.1, 0.15) is 23.4 Å². The van der Waals surface area contributed by atoms with Crippen LogP contribution in [0.2, 0.25) is 0 Å². The van der Waals surface area contributed by atoms with Gasteiger partial charge in [0.15, 0.2) is 0 Å². The van der Waals surface area contributed by atoms with E-state index in [1.54, 1.807) is 11.3 Å². The molecule has 1 aromatic heterocycles. The van der Waals surface area contributed by atoms with Gasteiger partial charge in [-0.25, -0.2) is 0 Å². The van der Waals surface area contributed by atoms with Crippen LogP contribution >= 0.6 is 11.3 Å². The summed E-state index contributed by atoms with van der Waals surface area (Å²) in [7, 11) is -0.664. The fourth-order valence-corrected chi connectivity index (χ4v) is 4.03. The first-order chi connectivity index (χ1) is 6.68. The quantitative estimate of drug-likeness (QED) is 0.796. The van der Waals surface area contributed by atoms with Crippen molar-refractivity contribution in [3.63, 3.8) is 0 Å². The molecule has 1 N–H and O–H groups in total. The van der Waals surface area contributed by atoms with E-state index >= 15 is 0 Å². The Hall–Kier alpha value is -0.190. The lowest BCUT2D eigenvalue weighted by Crippen LogP contribution is -2.41. The van der Waals surface area contributed by atoms with Crippen molar-refractivity contribution in [2.75, 3.05) is 12.3 Å². The molecule has 1 aliphatic rings. The highest BCUT2D eigenvalue weighted by molar-refractivity contribution is 7.85. The summed E-state index contributed by atoms with van der Waals surface area (Å²) in [5.74, 6) is 0.766. The average molecular weight is 229 g/mol. The van der Waals surface area contributed by atoms with Crippen molar-refractivity contribution < 1.29 is 4.21 Å². The standard InChI is InChI=1S/C10H15NOS2/c1-7-3-4-13-10(7)9-6-14(12)8(2)5-11-9/h3-4,8-9,11H,5-6H2,1-2H3. The van der Waals surface area contributed by atoms with Crippen molar-refractivity contribution in [2.45, 2.75) is 25.1 Å². The molecule has 2 heterocycles. The molecule has 0 saturated carbocycles. The van der Waals surface area contributed by atoms with Crippen LogP contribution in [0.4, 0.5) is 0 Å². The minimum absolute atomic E-state index is 0.298. The predicted octanol–water partition coefficient (Wildman–Crippen LogP) is 1.84. The molecule has 2 nitrogen and oxygen atoms in total. The third-order valence-electron chi connectivity index (χ3n) is 2.65. The topological polar surface area (TPSA) is 29.1 Å². The first-order valence-electron chi connectivity index (χ1n) is 4.83. The van der Waals surface area contributed by atoms with Crippen molar-refractivity contribution in [3.8, 4) is 0 Å². The van der Waals surface area contributed by atoms with Crippen LogP contribution in [0.15, 0.2) is 11.4 Å². The lowest BCUT2D eigenvalue weighted by atomic mass is 10.2. The molecule has 4 heteroatoms. The van der Waals surface area contributed by atoms with E-state index in [0.717, 1.165) is 12.3 Å². The fourth-order valence-electron chi connectivity index (χ4n) is 1.70. The second kappa shape index (κ2) is 4.13. The van der Waals surface area contributed by atoms with Crippen LogP contribution in [-0.2, 0) is 10.8 Å². The van der Waals surface area contributed by atoms with E-state index in [-0.39, 0.29) is 0 Å². The molecule has 0 amide bonds. The maximum Gasteiger partial charge on any atom is 0.0534 e. The summed E-state index contributed by atoms with van der Waals surface area (Å²) in [5.41, 5.74) is 1.32. The van der Waals surface area contributed by atoms with E-state index < -0.39 is 10.8 Å². The van der Waals surface area contributed by atoms with Crippen molar-refractivity contribution in [1.82, 2.24) is 5.32 Å². The van der Waals surface area contributed by atoms with E-state index in [4.69, 9.17) is 0 Å². The third kappa shape index (κ3) is 1.92. The SMILES string of the molecule is Cc1ccsc1C1CS(=O)C(C)CN1. The Balaban J connectivity index is 2.14. The van der Waals surface area contributed by atoms with Gasteiger partial charge in [0.05, 0.1) is 6.04 Å². The molecular weight excluding hydrogens is 214 g/mol. The summed E-state index contributed by atoms with van der Waals surface area (Å²) in [6.45, 7) is 5.03. The minimum atomic E-state index is -0.664. The molecular formula is C10H15NOS2. The van der Waals surface area contributed by atoms with Crippen molar-refractivity contribution in [1.29, 1.82) is 0 Å². The average Bonchev–Trinajstić information content (AvgIpc) is 2.57. The molecule has 2 rings (SSSR count). The molecule has 0 aliphatic carbocycles. The number of hydrogen-bond donors (Lipinski definition) is 1. The summed E-state index contributed by atoms with van der Waals surface area (Å²) in [6.07, 6.45) is 0. The first kappa shape index (κ1) is 10.3. The second-order valence-corrected chi connectivity index (χ2v) is 6.63. The van der Waals surface area contributed by atoms with Crippen LogP contribution in [0, 0.1) is 6.92 Å². The Bertz CT molecular complexity index is 348. The number of hydrogen-bond acceptors (Lipinski definition) is 3. The lowest BCUT2D eigenvalue weighted by Gasteiger charge is -2.27. The zero-order chi connectivity index (χ0) is 10.1. The molecule has 1 aliphatic heterocycles. The Morgan fingerprint density at radius 1 is 1.64 bits per heavy atom. The second-order valence-electron chi connectivity index (χ2n) is 3.79. The zero-order valence-electron chi connectivity index (χ0n) is 8.45. The molecule has 0 aromatic carbocycles. The van der Waals surface area contributed by atoms with Crippen LogP contribution in [0.3, 0.4) is 0 Å². The number of rotatable bonds is 1. The largest absolute Gasteiger partial charge is 0.307 e. The molecule has 0 radical (unpaired) electrons. The van der Waals surface area contributed by atoms with Crippen LogP contribution in [-0.4, -0.2) is 21.8 Å². The lowest BCUT2D eigenvalue weighted by molar-refractivity contribution is 0.545. The van der Waals surface area contributed by atoms with Crippen molar-refractivity contribution in [2.24, 2.45) is 0 Å². The molecule has 3 unspecified atom stereocenters.